The summed E-state index contributed by atoms with van der Waals surface area (Å²) in [6, 6.07) is 6.68. The highest BCUT2D eigenvalue weighted by atomic mass is 16.5. The van der Waals surface area contributed by atoms with E-state index >= 15 is 0 Å². The van der Waals surface area contributed by atoms with Crippen LogP contribution in [0.5, 0.6) is 5.88 Å². The third-order valence-corrected chi connectivity index (χ3v) is 7.46. The number of nitrogens with one attached hydrogen (secondary N) is 1. The topological polar surface area (TPSA) is 97.6 Å². The first-order valence-corrected chi connectivity index (χ1v) is 12.3. The van der Waals surface area contributed by atoms with Crippen molar-refractivity contribution in [2.24, 2.45) is 13.0 Å². The van der Waals surface area contributed by atoms with Gasteiger partial charge in [0.1, 0.15) is 11.6 Å². The number of imidazole rings is 1. The second-order valence-corrected chi connectivity index (χ2v) is 9.74. The number of rotatable bonds is 6. The summed E-state index contributed by atoms with van der Waals surface area (Å²) >= 11 is 0. The molecule has 3 aliphatic rings. The molecule has 10 nitrogen and oxygen atoms in total. The van der Waals surface area contributed by atoms with Gasteiger partial charge in [-0.2, -0.15) is 0 Å². The molecule has 1 amide bonds. The molecule has 1 N–H and O–H groups in total. The average molecular weight is 478 g/mol. The van der Waals surface area contributed by atoms with Crippen LogP contribution in [0.2, 0.25) is 0 Å². The van der Waals surface area contributed by atoms with Crippen molar-refractivity contribution in [1.29, 1.82) is 0 Å². The van der Waals surface area contributed by atoms with E-state index in [0.29, 0.717) is 24.9 Å². The van der Waals surface area contributed by atoms with Gasteiger partial charge in [-0.15, -0.1) is 0 Å². The summed E-state index contributed by atoms with van der Waals surface area (Å²) in [4.78, 5) is 30.7. The maximum absolute atomic E-state index is 11.7. The smallest absolute Gasteiger partial charge is 0.241 e. The van der Waals surface area contributed by atoms with Crippen LogP contribution in [-0.2, 0) is 16.6 Å². The number of carbonyl (C=O) groups is 1. The van der Waals surface area contributed by atoms with Crippen LogP contribution in [-0.4, -0.2) is 88.4 Å². The lowest BCUT2D eigenvalue weighted by Crippen LogP contribution is -2.56. The predicted molar refractivity (Wildman–Crippen MR) is 131 cm³/mol. The van der Waals surface area contributed by atoms with E-state index in [1.807, 2.05) is 36.9 Å². The molecule has 3 aromatic rings. The number of pyridine rings is 2. The molecule has 0 saturated carbocycles. The minimum atomic E-state index is -0.157. The van der Waals surface area contributed by atoms with E-state index in [9.17, 15) is 4.79 Å². The summed E-state index contributed by atoms with van der Waals surface area (Å²) < 4.78 is 13.6. The zero-order valence-electron chi connectivity index (χ0n) is 20.2. The molecule has 3 aliphatic heterocycles. The number of anilines is 1. The van der Waals surface area contributed by atoms with Crippen LogP contribution in [0, 0.1) is 5.92 Å². The molecule has 0 radical (unpaired) electrons. The van der Waals surface area contributed by atoms with Crippen molar-refractivity contribution >= 4 is 22.6 Å². The molecular formula is C25H31N7O3. The Labute approximate surface area is 204 Å². The quantitative estimate of drug-likeness (QED) is 0.570. The van der Waals surface area contributed by atoms with Gasteiger partial charge >= 0.3 is 0 Å². The molecule has 0 aliphatic carbocycles. The standard InChI is InChI=1S/C25H31N7O3/c1-16(17-9-23(33)27-11-17)35-25-24-22(28-15-30(24)2)10-21(29-25)20-4-3-18(12-26-20)31-5-7-32(8-6-31)19-13-34-14-19/h3-4,10,12,15-17,19H,5-9,11,13-14H2,1-2H3,(H,27,33)/t16-,17-/m1/s1. The van der Waals surface area contributed by atoms with E-state index in [1.54, 1.807) is 6.33 Å². The van der Waals surface area contributed by atoms with E-state index in [-0.39, 0.29) is 17.9 Å². The number of aryl methyl sites for hydroxylation is 1. The summed E-state index contributed by atoms with van der Waals surface area (Å²) in [5.74, 6) is 0.706. The molecule has 3 saturated heterocycles. The summed E-state index contributed by atoms with van der Waals surface area (Å²) in [6.07, 6.45) is 4.01. The van der Waals surface area contributed by atoms with Crippen molar-refractivity contribution in [3.63, 3.8) is 0 Å². The Morgan fingerprint density at radius 2 is 1.97 bits per heavy atom. The molecule has 0 spiro atoms. The second-order valence-electron chi connectivity index (χ2n) is 9.74. The van der Waals surface area contributed by atoms with Crippen LogP contribution < -0.4 is 15.0 Å². The lowest BCUT2D eigenvalue weighted by atomic mass is 10.0. The molecule has 6 heterocycles. The zero-order valence-corrected chi connectivity index (χ0v) is 20.2. The summed E-state index contributed by atoms with van der Waals surface area (Å²) in [7, 11) is 1.93. The van der Waals surface area contributed by atoms with E-state index in [4.69, 9.17) is 19.4 Å². The number of carbonyl (C=O) groups excluding carboxylic acids is 1. The monoisotopic (exact) mass is 477 g/mol. The van der Waals surface area contributed by atoms with Crippen molar-refractivity contribution in [1.82, 2.24) is 29.7 Å². The second kappa shape index (κ2) is 9.09. The van der Waals surface area contributed by atoms with Gasteiger partial charge in [-0.3, -0.25) is 14.7 Å². The van der Waals surface area contributed by atoms with Crippen LogP contribution in [0.1, 0.15) is 13.3 Å². The van der Waals surface area contributed by atoms with Crippen molar-refractivity contribution in [3.05, 3.63) is 30.7 Å². The number of piperazine rings is 1. The predicted octanol–water partition coefficient (Wildman–Crippen LogP) is 1.45. The Bertz CT molecular complexity index is 1220. The van der Waals surface area contributed by atoms with Gasteiger partial charge in [-0.25, -0.2) is 9.97 Å². The van der Waals surface area contributed by atoms with E-state index < -0.39 is 0 Å². The summed E-state index contributed by atoms with van der Waals surface area (Å²) in [5.41, 5.74) is 4.27. The van der Waals surface area contributed by atoms with Crippen molar-refractivity contribution < 1.29 is 14.3 Å². The first-order chi connectivity index (χ1) is 17.0. The number of hydrogen-bond donors (Lipinski definition) is 1. The number of amides is 1. The largest absolute Gasteiger partial charge is 0.473 e. The molecule has 3 aromatic heterocycles. The van der Waals surface area contributed by atoms with Crippen molar-refractivity contribution in [3.8, 4) is 17.3 Å². The van der Waals surface area contributed by atoms with Crippen LogP contribution in [0.3, 0.4) is 0 Å². The van der Waals surface area contributed by atoms with Gasteiger partial charge in [-0.05, 0) is 25.1 Å². The van der Waals surface area contributed by atoms with Gasteiger partial charge in [0, 0.05) is 52.1 Å². The van der Waals surface area contributed by atoms with Crippen molar-refractivity contribution in [2.45, 2.75) is 25.5 Å². The Morgan fingerprint density at radius 1 is 1.14 bits per heavy atom. The maximum atomic E-state index is 11.7. The molecular weight excluding hydrogens is 446 g/mol. The molecule has 0 unspecified atom stereocenters. The van der Waals surface area contributed by atoms with Gasteiger partial charge in [0.15, 0.2) is 0 Å². The van der Waals surface area contributed by atoms with Crippen LogP contribution in [0.25, 0.3) is 22.4 Å². The molecule has 10 heteroatoms. The Hall–Kier alpha value is -3.24. The number of nitrogens with zero attached hydrogens (tertiary/aromatic N) is 6. The number of fused-ring (bicyclic) bond motifs is 1. The van der Waals surface area contributed by atoms with Gasteiger partial charge in [0.2, 0.25) is 11.8 Å². The van der Waals surface area contributed by atoms with Gasteiger partial charge in [0.05, 0.1) is 54.4 Å². The molecule has 3 fully saturated rings. The van der Waals surface area contributed by atoms with E-state index in [0.717, 1.165) is 67.5 Å². The Kier molecular flexibility index (Phi) is 5.77. The minimum Gasteiger partial charge on any atom is -0.473 e. The highest BCUT2D eigenvalue weighted by Crippen LogP contribution is 2.30. The zero-order chi connectivity index (χ0) is 23.9. The average Bonchev–Trinajstić information content (AvgIpc) is 3.44. The lowest BCUT2D eigenvalue weighted by Gasteiger charge is -2.43. The normalized spacial score (nSPS) is 22.3. The molecule has 2 atom stereocenters. The number of hydrogen-bond acceptors (Lipinski definition) is 8. The van der Waals surface area contributed by atoms with Crippen LogP contribution in [0.4, 0.5) is 5.69 Å². The van der Waals surface area contributed by atoms with E-state index in [2.05, 4.69) is 26.2 Å². The molecule has 6 rings (SSSR count). The fourth-order valence-corrected chi connectivity index (χ4v) is 5.09. The van der Waals surface area contributed by atoms with Gasteiger partial charge in [-0.1, -0.05) is 0 Å². The highest BCUT2D eigenvalue weighted by molar-refractivity contribution is 5.84. The van der Waals surface area contributed by atoms with Gasteiger partial charge < -0.3 is 24.3 Å². The Morgan fingerprint density at radius 3 is 2.63 bits per heavy atom. The van der Waals surface area contributed by atoms with E-state index in [1.165, 1.54) is 0 Å². The van der Waals surface area contributed by atoms with Gasteiger partial charge in [0.25, 0.3) is 0 Å². The maximum Gasteiger partial charge on any atom is 0.241 e. The molecule has 0 bridgehead atoms. The molecule has 0 aromatic carbocycles. The first kappa shape index (κ1) is 22.2. The number of aromatic nitrogens is 4. The van der Waals surface area contributed by atoms with Crippen LogP contribution >= 0.6 is 0 Å². The molecule has 35 heavy (non-hydrogen) atoms. The summed E-state index contributed by atoms with van der Waals surface area (Å²) in [5, 5.41) is 2.88. The fraction of sp³-hybridized carbons (Fsp3) is 0.520. The highest BCUT2D eigenvalue weighted by Gasteiger charge is 2.30. The van der Waals surface area contributed by atoms with Crippen LogP contribution in [0.15, 0.2) is 30.7 Å². The summed E-state index contributed by atoms with van der Waals surface area (Å²) in [6.45, 7) is 8.43. The Balaban J connectivity index is 1.21. The third-order valence-electron chi connectivity index (χ3n) is 7.46. The SMILES string of the molecule is C[C@@H](Oc1nc(-c2ccc(N3CCN(C4COC4)CC3)cn2)cc2ncn(C)c12)[C@H]1CNC(=O)C1. The first-order valence-electron chi connectivity index (χ1n) is 12.3. The fourth-order valence-electron chi connectivity index (χ4n) is 5.09. The lowest BCUT2D eigenvalue weighted by molar-refractivity contribution is -0.119. The number of ether oxygens (including phenoxy) is 2. The third kappa shape index (κ3) is 4.32. The minimum absolute atomic E-state index is 0.0700. The van der Waals surface area contributed by atoms with Crippen molar-refractivity contribution in [2.75, 3.05) is 50.8 Å². The molecule has 184 valence electrons.